The maximum Gasteiger partial charge on any atom is 0.203 e. The smallest absolute Gasteiger partial charge is 0.203 e. The minimum Gasteiger partial charge on any atom is -0.490 e. The second-order valence-corrected chi connectivity index (χ2v) is 6.12. The van der Waals surface area contributed by atoms with Crippen LogP contribution in [0.25, 0.3) is 0 Å². The molecule has 0 aliphatic rings. The molecule has 27 heavy (non-hydrogen) atoms. The van der Waals surface area contributed by atoms with E-state index in [1.165, 1.54) is 5.56 Å². The fourth-order valence-electron chi connectivity index (χ4n) is 2.98. The maximum atomic E-state index is 6.10. The molecule has 1 heterocycles. The lowest BCUT2D eigenvalue weighted by atomic mass is 9.99. The van der Waals surface area contributed by atoms with E-state index in [1.807, 2.05) is 52.1 Å². The SMILES string of the molecule is CCOc1cc(C(OCC)c2nccc(C)c2C)cc(OCC)c1OCC. The monoisotopic (exact) mass is 373 g/mol. The van der Waals surface area contributed by atoms with Crippen LogP contribution in [0, 0.1) is 13.8 Å². The third kappa shape index (κ3) is 4.92. The van der Waals surface area contributed by atoms with Gasteiger partial charge in [0.1, 0.15) is 6.10 Å². The van der Waals surface area contributed by atoms with E-state index in [0.29, 0.717) is 43.7 Å². The molecule has 1 unspecified atom stereocenters. The normalized spacial score (nSPS) is 11.9. The Morgan fingerprint density at radius 2 is 1.44 bits per heavy atom. The minimum absolute atomic E-state index is 0.302. The van der Waals surface area contributed by atoms with Gasteiger partial charge in [0.05, 0.1) is 25.5 Å². The van der Waals surface area contributed by atoms with Gasteiger partial charge in [0, 0.05) is 12.8 Å². The van der Waals surface area contributed by atoms with Gasteiger partial charge in [-0.15, -0.1) is 0 Å². The van der Waals surface area contributed by atoms with E-state index in [9.17, 15) is 0 Å². The molecular formula is C22H31NO4. The first kappa shape index (κ1) is 21.0. The number of rotatable bonds is 10. The van der Waals surface area contributed by atoms with Crippen LogP contribution in [0.4, 0.5) is 0 Å². The molecule has 5 nitrogen and oxygen atoms in total. The molecule has 0 bridgehead atoms. The van der Waals surface area contributed by atoms with E-state index < -0.39 is 0 Å². The van der Waals surface area contributed by atoms with Crippen LogP contribution in [0.5, 0.6) is 17.2 Å². The summed E-state index contributed by atoms with van der Waals surface area (Å²) in [7, 11) is 0. The fraction of sp³-hybridized carbons (Fsp3) is 0.500. The Labute approximate surface area is 162 Å². The first-order valence-corrected chi connectivity index (χ1v) is 9.67. The Hall–Kier alpha value is -2.27. The van der Waals surface area contributed by atoms with Crippen LogP contribution in [-0.4, -0.2) is 31.4 Å². The summed E-state index contributed by atoms with van der Waals surface area (Å²) >= 11 is 0. The van der Waals surface area contributed by atoms with Crippen molar-refractivity contribution < 1.29 is 18.9 Å². The lowest BCUT2D eigenvalue weighted by molar-refractivity contribution is 0.0873. The second-order valence-electron chi connectivity index (χ2n) is 6.12. The zero-order chi connectivity index (χ0) is 19.8. The number of nitrogens with zero attached hydrogens (tertiary/aromatic N) is 1. The standard InChI is InChI=1S/C22H31NO4/c1-7-24-18-13-17(14-19(25-8-2)22(18)27-10-4)21(26-9-3)20-16(6)15(5)11-12-23-20/h11-14,21H,7-10H2,1-6H3. The molecule has 5 heteroatoms. The quantitative estimate of drug-likeness (QED) is 0.585. The summed E-state index contributed by atoms with van der Waals surface area (Å²) in [5.74, 6) is 1.96. The number of aryl methyl sites for hydroxylation is 1. The molecule has 0 aliphatic carbocycles. The van der Waals surface area contributed by atoms with Gasteiger partial charge < -0.3 is 18.9 Å². The Bertz CT molecular complexity index is 718. The summed E-state index contributed by atoms with van der Waals surface area (Å²) in [6.07, 6.45) is 1.52. The molecule has 0 saturated heterocycles. The van der Waals surface area contributed by atoms with Crippen molar-refractivity contribution in [2.24, 2.45) is 0 Å². The molecule has 0 fully saturated rings. The van der Waals surface area contributed by atoms with Gasteiger partial charge in [-0.05, 0) is 76.4 Å². The summed E-state index contributed by atoms with van der Waals surface area (Å²) in [4.78, 5) is 4.61. The molecule has 0 aliphatic heterocycles. The summed E-state index contributed by atoms with van der Waals surface area (Å²) in [5.41, 5.74) is 4.16. The highest BCUT2D eigenvalue weighted by Crippen LogP contribution is 2.42. The van der Waals surface area contributed by atoms with Gasteiger partial charge in [-0.1, -0.05) is 0 Å². The molecule has 0 saturated carbocycles. The van der Waals surface area contributed by atoms with E-state index >= 15 is 0 Å². The van der Waals surface area contributed by atoms with Crippen molar-refractivity contribution in [2.45, 2.75) is 47.6 Å². The van der Waals surface area contributed by atoms with Crippen LogP contribution < -0.4 is 14.2 Å². The van der Waals surface area contributed by atoms with E-state index in [0.717, 1.165) is 16.8 Å². The van der Waals surface area contributed by atoms with Crippen LogP contribution in [0.3, 0.4) is 0 Å². The average Bonchev–Trinajstić information content (AvgIpc) is 2.65. The number of hydrogen-bond donors (Lipinski definition) is 0. The molecule has 1 aromatic carbocycles. The molecule has 2 aromatic rings. The fourth-order valence-corrected chi connectivity index (χ4v) is 2.98. The molecule has 0 spiro atoms. The second kappa shape index (κ2) is 10.2. The molecular weight excluding hydrogens is 342 g/mol. The zero-order valence-corrected chi connectivity index (χ0v) is 17.3. The number of ether oxygens (including phenoxy) is 4. The predicted octanol–water partition coefficient (Wildman–Crippen LogP) is 5.02. The molecule has 0 N–H and O–H groups in total. The Balaban J connectivity index is 2.62. The highest BCUT2D eigenvalue weighted by molar-refractivity contribution is 5.55. The Morgan fingerprint density at radius 3 is 1.96 bits per heavy atom. The van der Waals surface area contributed by atoms with Gasteiger partial charge in [0.25, 0.3) is 0 Å². The van der Waals surface area contributed by atoms with E-state index in [-0.39, 0.29) is 6.10 Å². The van der Waals surface area contributed by atoms with Crippen LogP contribution in [0.1, 0.15) is 56.2 Å². The lowest BCUT2D eigenvalue weighted by Crippen LogP contribution is -2.12. The Morgan fingerprint density at radius 1 is 0.852 bits per heavy atom. The number of pyridine rings is 1. The summed E-state index contributed by atoms with van der Waals surface area (Å²) in [5, 5.41) is 0. The summed E-state index contributed by atoms with van der Waals surface area (Å²) in [6, 6.07) is 5.96. The largest absolute Gasteiger partial charge is 0.490 e. The third-order valence-corrected chi connectivity index (χ3v) is 4.33. The van der Waals surface area contributed by atoms with Gasteiger partial charge >= 0.3 is 0 Å². The number of hydrogen-bond acceptors (Lipinski definition) is 5. The lowest BCUT2D eigenvalue weighted by Gasteiger charge is -2.23. The molecule has 1 aromatic heterocycles. The summed E-state index contributed by atoms with van der Waals surface area (Å²) < 4.78 is 23.6. The van der Waals surface area contributed by atoms with Crippen LogP contribution in [-0.2, 0) is 4.74 Å². The number of aromatic nitrogens is 1. The highest BCUT2D eigenvalue weighted by atomic mass is 16.5. The third-order valence-electron chi connectivity index (χ3n) is 4.33. The minimum atomic E-state index is -0.302. The van der Waals surface area contributed by atoms with Crippen molar-refractivity contribution in [3.05, 3.63) is 46.8 Å². The first-order chi connectivity index (χ1) is 13.1. The van der Waals surface area contributed by atoms with Crippen LogP contribution >= 0.6 is 0 Å². The van der Waals surface area contributed by atoms with E-state index in [4.69, 9.17) is 18.9 Å². The molecule has 2 rings (SSSR count). The van der Waals surface area contributed by atoms with E-state index in [1.54, 1.807) is 0 Å². The first-order valence-electron chi connectivity index (χ1n) is 9.67. The predicted molar refractivity (Wildman–Crippen MR) is 107 cm³/mol. The zero-order valence-electron chi connectivity index (χ0n) is 17.3. The topological polar surface area (TPSA) is 49.8 Å². The average molecular weight is 373 g/mol. The molecule has 0 amide bonds. The molecule has 148 valence electrons. The molecule has 1 atom stereocenters. The van der Waals surface area contributed by atoms with Crippen molar-refractivity contribution in [3.63, 3.8) is 0 Å². The van der Waals surface area contributed by atoms with Crippen molar-refractivity contribution >= 4 is 0 Å². The highest BCUT2D eigenvalue weighted by Gasteiger charge is 2.24. The van der Waals surface area contributed by atoms with Crippen LogP contribution in [0.2, 0.25) is 0 Å². The van der Waals surface area contributed by atoms with Crippen molar-refractivity contribution in [1.29, 1.82) is 0 Å². The van der Waals surface area contributed by atoms with Gasteiger partial charge in [0.2, 0.25) is 5.75 Å². The summed E-state index contributed by atoms with van der Waals surface area (Å²) in [6.45, 7) is 14.2. The van der Waals surface area contributed by atoms with Crippen LogP contribution in [0.15, 0.2) is 24.4 Å². The maximum absolute atomic E-state index is 6.10. The van der Waals surface area contributed by atoms with Crippen molar-refractivity contribution in [3.8, 4) is 17.2 Å². The van der Waals surface area contributed by atoms with E-state index in [2.05, 4.69) is 18.8 Å². The van der Waals surface area contributed by atoms with Gasteiger partial charge in [-0.2, -0.15) is 0 Å². The van der Waals surface area contributed by atoms with Gasteiger partial charge in [0.15, 0.2) is 11.5 Å². The van der Waals surface area contributed by atoms with Crippen molar-refractivity contribution in [2.75, 3.05) is 26.4 Å². The van der Waals surface area contributed by atoms with Crippen molar-refractivity contribution in [1.82, 2.24) is 4.98 Å². The molecule has 0 radical (unpaired) electrons. The van der Waals surface area contributed by atoms with Gasteiger partial charge in [-0.25, -0.2) is 0 Å². The van der Waals surface area contributed by atoms with Gasteiger partial charge in [-0.3, -0.25) is 4.98 Å². The Kier molecular flexibility index (Phi) is 7.92. The number of benzene rings is 1.